The summed E-state index contributed by atoms with van der Waals surface area (Å²) in [6, 6.07) is 10.5. The number of aryl methyl sites for hydroxylation is 1. The number of rotatable bonds is 4. The molecule has 1 aromatic carbocycles. The molecule has 3 rings (SSSR count). The normalized spacial score (nSPS) is 17.7. The van der Waals surface area contributed by atoms with Crippen molar-refractivity contribution in [3.63, 3.8) is 0 Å². The van der Waals surface area contributed by atoms with Crippen molar-refractivity contribution in [3.8, 4) is 0 Å². The van der Waals surface area contributed by atoms with Crippen molar-refractivity contribution in [2.24, 2.45) is 13.0 Å². The van der Waals surface area contributed by atoms with Gasteiger partial charge in [0.1, 0.15) is 4.47 Å². The minimum atomic E-state index is -0.123. The van der Waals surface area contributed by atoms with Crippen molar-refractivity contribution in [2.45, 2.75) is 6.42 Å². The van der Waals surface area contributed by atoms with E-state index in [1.54, 1.807) is 13.2 Å². The average molecular weight is 363 g/mol. The lowest BCUT2D eigenvalue weighted by Crippen LogP contribution is -2.24. The van der Waals surface area contributed by atoms with E-state index in [0.717, 1.165) is 31.7 Å². The first-order chi connectivity index (χ1) is 10.6. The Morgan fingerprint density at radius 3 is 2.91 bits per heavy atom. The summed E-state index contributed by atoms with van der Waals surface area (Å²) in [4.78, 5) is 14.2. The van der Waals surface area contributed by atoms with E-state index in [1.165, 1.54) is 10.4 Å². The van der Waals surface area contributed by atoms with Gasteiger partial charge in [0.05, 0.1) is 11.9 Å². The molecule has 1 fully saturated rings. The quantitative estimate of drug-likeness (QED) is 0.907. The first-order valence-corrected chi connectivity index (χ1v) is 8.20. The van der Waals surface area contributed by atoms with Gasteiger partial charge >= 0.3 is 0 Å². The minimum Gasteiger partial charge on any atom is -0.382 e. The second-order valence-corrected chi connectivity index (χ2v) is 6.41. The van der Waals surface area contributed by atoms with Crippen LogP contribution < -0.4 is 15.8 Å². The zero-order chi connectivity index (χ0) is 15.5. The Kier molecular flexibility index (Phi) is 4.47. The van der Waals surface area contributed by atoms with Crippen LogP contribution in [0, 0.1) is 5.92 Å². The highest BCUT2D eigenvalue weighted by Gasteiger charge is 2.22. The van der Waals surface area contributed by atoms with Crippen LogP contribution >= 0.6 is 15.9 Å². The van der Waals surface area contributed by atoms with Gasteiger partial charge in [-0.25, -0.2) is 4.68 Å². The molecule has 2 heterocycles. The third kappa shape index (κ3) is 3.16. The van der Waals surface area contributed by atoms with E-state index in [0.29, 0.717) is 10.4 Å². The Morgan fingerprint density at radius 1 is 1.36 bits per heavy atom. The molecule has 1 aromatic heterocycles. The highest BCUT2D eigenvalue weighted by Crippen LogP contribution is 2.24. The predicted molar refractivity (Wildman–Crippen MR) is 92.4 cm³/mol. The van der Waals surface area contributed by atoms with Crippen LogP contribution in [0.4, 0.5) is 11.4 Å². The number of halogens is 1. The molecule has 0 saturated carbocycles. The van der Waals surface area contributed by atoms with E-state index in [1.807, 2.05) is 6.07 Å². The number of nitrogens with zero attached hydrogens (tertiary/aromatic N) is 3. The van der Waals surface area contributed by atoms with Crippen LogP contribution in [0.5, 0.6) is 0 Å². The van der Waals surface area contributed by atoms with Crippen molar-refractivity contribution in [1.29, 1.82) is 0 Å². The highest BCUT2D eigenvalue weighted by molar-refractivity contribution is 9.10. The molecule has 1 aliphatic rings. The third-order valence-electron chi connectivity index (χ3n) is 4.07. The molecule has 2 aromatic rings. The van der Waals surface area contributed by atoms with Gasteiger partial charge in [0.25, 0.3) is 5.56 Å². The van der Waals surface area contributed by atoms with Crippen LogP contribution in [-0.4, -0.2) is 29.4 Å². The van der Waals surface area contributed by atoms with Gasteiger partial charge in [0, 0.05) is 32.4 Å². The maximum absolute atomic E-state index is 11.8. The minimum absolute atomic E-state index is 0.123. The van der Waals surface area contributed by atoms with Gasteiger partial charge in [0.15, 0.2) is 0 Å². The SMILES string of the molecule is Cn1ncc(NCC2CCN(c3ccccc3)C2)c(Br)c1=O. The first kappa shape index (κ1) is 15.1. The van der Waals surface area contributed by atoms with Crippen molar-refractivity contribution < 1.29 is 0 Å². The van der Waals surface area contributed by atoms with Gasteiger partial charge in [-0.2, -0.15) is 5.10 Å². The van der Waals surface area contributed by atoms with E-state index >= 15 is 0 Å². The molecule has 1 atom stereocenters. The van der Waals surface area contributed by atoms with E-state index in [4.69, 9.17) is 0 Å². The number of aromatic nitrogens is 2. The number of nitrogens with one attached hydrogen (secondary N) is 1. The van der Waals surface area contributed by atoms with E-state index < -0.39 is 0 Å². The number of benzene rings is 1. The second-order valence-electron chi connectivity index (χ2n) is 5.62. The average Bonchev–Trinajstić information content (AvgIpc) is 3.02. The smallest absolute Gasteiger partial charge is 0.282 e. The van der Waals surface area contributed by atoms with Gasteiger partial charge in [-0.3, -0.25) is 4.79 Å². The lowest BCUT2D eigenvalue weighted by Gasteiger charge is -2.19. The molecule has 0 spiro atoms. The van der Waals surface area contributed by atoms with Gasteiger partial charge in [-0.05, 0) is 40.4 Å². The monoisotopic (exact) mass is 362 g/mol. The van der Waals surface area contributed by atoms with E-state index in [-0.39, 0.29) is 5.56 Å². The summed E-state index contributed by atoms with van der Waals surface area (Å²) in [5, 5.41) is 7.39. The molecule has 5 nitrogen and oxygen atoms in total. The number of anilines is 2. The molecule has 0 bridgehead atoms. The van der Waals surface area contributed by atoms with E-state index in [9.17, 15) is 4.79 Å². The van der Waals surface area contributed by atoms with Gasteiger partial charge in [-0.15, -0.1) is 0 Å². The molecule has 0 amide bonds. The Balaban J connectivity index is 1.60. The molecular formula is C16H19BrN4O. The highest BCUT2D eigenvalue weighted by atomic mass is 79.9. The molecule has 0 radical (unpaired) electrons. The lowest BCUT2D eigenvalue weighted by atomic mass is 10.1. The summed E-state index contributed by atoms with van der Waals surface area (Å²) in [7, 11) is 1.64. The molecular weight excluding hydrogens is 344 g/mol. The predicted octanol–water partition coefficient (Wildman–Crippen LogP) is 2.48. The number of hydrogen-bond acceptors (Lipinski definition) is 4. The molecule has 0 aliphatic carbocycles. The maximum atomic E-state index is 11.8. The Morgan fingerprint density at radius 2 is 2.14 bits per heavy atom. The molecule has 1 unspecified atom stereocenters. The van der Waals surface area contributed by atoms with Crippen LogP contribution in [0.2, 0.25) is 0 Å². The summed E-state index contributed by atoms with van der Waals surface area (Å²) in [6.07, 6.45) is 2.84. The zero-order valence-electron chi connectivity index (χ0n) is 12.5. The van der Waals surface area contributed by atoms with Crippen molar-refractivity contribution in [3.05, 3.63) is 51.4 Å². The first-order valence-electron chi connectivity index (χ1n) is 7.41. The van der Waals surface area contributed by atoms with Crippen LogP contribution in [0.1, 0.15) is 6.42 Å². The van der Waals surface area contributed by atoms with Crippen LogP contribution in [0.3, 0.4) is 0 Å². The summed E-state index contributed by atoms with van der Waals surface area (Å²) in [6.45, 7) is 2.95. The number of para-hydroxylation sites is 1. The largest absolute Gasteiger partial charge is 0.382 e. The van der Waals surface area contributed by atoms with Crippen molar-refractivity contribution in [1.82, 2.24) is 9.78 Å². The standard InChI is InChI=1S/C16H19BrN4O/c1-20-16(22)15(17)14(10-19-20)18-9-12-7-8-21(11-12)13-5-3-2-4-6-13/h2-6,10,12,18H,7-9,11H2,1H3. The zero-order valence-corrected chi connectivity index (χ0v) is 14.1. The van der Waals surface area contributed by atoms with Gasteiger partial charge in [0.2, 0.25) is 0 Å². The number of hydrogen-bond donors (Lipinski definition) is 1. The molecule has 22 heavy (non-hydrogen) atoms. The Labute approximate surface area is 138 Å². The maximum Gasteiger partial charge on any atom is 0.282 e. The van der Waals surface area contributed by atoms with Crippen LogP contribution in [0.15, 0.2) is 45.8 Å². The fraction of sp³-hybridized carbons (Fsp3) is 0.375. The fourth-order valence-corrected chi connectivity index (χ4v) is 3.26. The van der Waals surface area contributed by atoms with Crippen molar-refractivity contribution in [2.75, 3.05) is 29.9 Å². The van der Waals surface area contributed by atoms with Crippen LogP contribution in [-0.2, 0) is 7.05 Å². The molecule has 1 aliphatic heterocycles. The third-order valence-corrected chi connectivity index (χ3v) is 4.83. The Hall–Kier alpha value is -1.82. The molecule has 1 N–H and O–H groups in total. The fourth-order valence-electron chi connectivity index (χ4n) is 2.76. The van der Waals surface area contributed by atoms with Crippen LogP contribution in [0.25, 0.3) is 0 Å². The summed E-state index contributed by atoms with van der Waals surface area (Å²) in [5.74, 6) is 0.566. The topological polar surface area (TPSA) is 50.2 Å². The summed E-state index contributed by atoms with van der Waals surface area (Å²) in [5.41, 5.74) is 1.92. The second kappa shape index (κ2) is 6.52. The summed E-state index contributed by atoms with van der Waals surface area (Å²) >= 11 is 3.34. The van der Waals surface area contributed by atoms with Crippen molar-refractivity contribution >= 4 is 27.3 Å². The molecule has 6 heteroatoms. The lowest BCUT2D eigenvalue weighted by molar-refractivity contribution is 0.620. The molecule has 1 saturated heterocycles. The molecule has 116 valence electrons. The van der Waals surface area contributed by atoms with Gasteiger partial charge < -0.3 is 10.2 Å². The van der Waals surface area contributed by atoms with E-state index in [2.05, 4.69) is 55.5 Å². The van der Waals surface area contributed by atoms with Gasteiger partial charge in [-0.1, -0.05) is 18.2 Å². The Bertz CT molecular complexity index is 701. The summed E-state index contributed by atoms with van der Waals surface area (Å²) < 4.78 is 1.87.